The smallest absolute Gasteiger partial charge is 0.197 e. The third kappa shape index (κ3) is 2.43. The van der Waals surface area contributed by atoms with Gasteiger partial charge in [-0.05, 0) is 48.5 Å². The lowest BCUT2D eigenvalue weighted by Crippen LogP contribution is -2.04. The molecule has 0 atom stereocenters. The lowest BCUT2D eigenvalue weighted by molar-refractivity contribution is 1.57. The van der Waals surface area contributed by atoms with Crippen LogP contribution in [-0.4, -0.2) is 0 Å². The van der Waals surface area contributed by atoms with Crippen molar-refractivity contribution in [1.82, 2.24) is 0 Å². The van der Waals surface area contributed by atoms with Gasteiger partial charge in [0, 0.05) is 26.2 Å². The normalized spacial score (nSPS) is 11.0. The molecule has 0 fully saturated rings. The SMILES string of the molecule is Nc1ccc(Nc2cccc3sc4ccccc4c(=O)c23)cc1. The van der Waals surface area contributed by atoms with Crippen molar-refractivity contribution in [3.63, 3.8) is 0 Å². The van der Waals surface area contributed by atoms with Crippen LogP contribution in [0.25, 0.3) is 20.2 Å². The largest absolute Gasteiger partial charge is 0.399 e. The molecule has 3 N–H and O–H groups in total. The Kier molecular flexibility index (Phi) is 3.24. The van der Waals surface area contributed by atoms with Crippen molar-refractivity contribution >= 4 is 48.6 Å². The highest BCUT2D eigenvalue weighted by atomic mass is 32.1. The zero-order valence-electron chi connectivity index (χ0n) is 12.2. The van der Waals surface area contributed by atoms with Crippen molar-refractivity contribution in [2.45, 2.75) is 0 Å². The van der Waals surface area contributed by atoms with E-state index in [2.05, 4.69) is 5.32 Å². The third-order valence-corrected chi connectivity index (χ3v) is 4.93. The van der Waals surface area contributed by atoms with E-state index in [1.165, 1.54) is 0 Å². The van der Waals surface area contributed by atoms with Gasteiger partial charge < -0.3 is 11.1 Å². The fourth-order valence-corrected chi connectivity index (χ4v) is 3.78. The van der Waals surface area contributed by atoms with Crippen molar-refractivity contribution in [2.24, 2.45) is 0 Å². The highest BCUT2D eigenvalue weighted by Gasteiger charge is 2.09. The number of benzene rings is 3. The first-order valence-corrected chi connectivity index (χ1v) is 8.11. The van der Waals surface area contributed by atoms with Crippen LogP contribution in [0.2, 0.25) is 0 Å². The molecule has 0 saturated heterocycles. The fourth-order valence-electron chi connectivity index (χ4n) is 2.67. The predicted octanol–water partition coefficient (Wildman–Crippen LogP) is 4.74. The van der Waals surface area contributed by atoms with Gasteiger partial charge in [-0.15, -0.1) is 11.3 Å². The van der Waals surface area contributed by atoms with Crippen molar-refractivity contribution in [3.05, 3.63) is 77.0 Å². The molecular weight excluding hydrogens is 304 g/mol. The minimum Gasteiger partial charge on any atom is -0.399 e. The molecule has 112 valence electrons. The van der Waals surface area contributed by atoms with E-state index < -0.39 is 0 Å². The average Bonchev–Trinajstić information content (AvgIpc) is 2.57. The number of hydrogen-bond acceptors (Lipinski definition) is 4. The van der Waals surface area contributed by atoms with Crippen LogP contribution in [-0.2, 0) is 0 Å². The first-order chi connectivity index (χ1) is 11.2. The maximum atomic E-state index is 12.9. The minimum absolute atomic E-state index is 0.0629. The standard InChI is InChI=1S/C19H14N2OS/c20-12-8-10-13(11-9-12)21-15-5-3-7-17-18(15)19(22)14-4-1-2-6-16(14)23-17/h1-11,21H,20H2. The van der Waals surface area contributed by atoms with Crippen LogP contribution in [0.1, 0.15) is 0 Å². The van der Waals surface area contributed by atoms with E-state index in [1.54, 1.807) is 11.3 Å². The number of hydrogen-bond donors (Lipinski definition) is 2. The van der Waals surface area contributed by atoms with Crippen LogP contribution in [0.5, 0.6) is 0 Å². The molecule has 0 bridgehead atoms. The van der Waals surface area contributed by atoms with Crippen molar-refractivity contribution in [2.75, 3.05) is 11.1 Å². The molecule has 4 aromatic rings. The second-order valence-corrected chi connectivity index (χ2v) is 6.44. The zero-order valence-corrected chi connectivity index (χ0v) is 13.1. The van der Waals surface area contributed by atoms with E-state index in [0.29, 0.717) is 5.69 Å². The summed E-state index contributed by atoms with van der Waals surface area (Å²) >= 11 is 1.63. The Balaban J connectivity index is 1.94. The van der Waals surface area contributed by atoms with Crippen LogP contribution in [0.15, 0.2) is 71.5 Å². The fraction of sp³-hybridized carbons (Fsp3) is 0. The van der Waals surface area contributed by atoms with Gasteiger partial charge in [-0.25, -0.2) is 0 Å². The predicted molar refractivity (Wildman–Crippen MR) is 99.7 cm³/mol. The molecule has 3 aromatic carbocycles. The van der Waals surface area contributed by atoms with E-state index in [1.807, 2.05) is 66.7 Å². The molecule has 1 aromatic heterocycles. The first-order valence-electron chi connectivity index (χ1n) is 7.29. The Morgan fingerprint density at radius 2 is 1.57 bits per heavy atom. The topological polar surface area (TPSA) is 55.1 Å². The number of fused-ring (bicyclic) bond motifs is 2. The van der Waals surface area contributed by atoms with Gasteiger partial charge in [0.05, 0.1) is 11.1 Å². The van der Waals surface area contributed by atoms with E-state index in [9.17, 15) is 4.79 Å². The van der Waals surface area contributed by atoms with Crippen LogP contribution in [0.3, 0.4) is 0 Å². The summed E-state index contributed by atoms with van der Waals surface area (Å²) < 4.78 is 1.99. The van der Waals surface area contributed by atoms with Crippen molar-refractivity contribution in [1.29, 1.82) is 0 Å². The highest BCUT2D eigenvalue weighted by molar-refractivity contribution is 7.24. The Morgan fingerprint density at radius 1 is 0.826 bits per heavy atom. The number of anilines is 3. The van der Waals surface area contributed by atoms with E-state index in [4.69, 9.17) is 5.73 Å². The molecular formula is C19H14N2OS. The highest BCUT2D eigenvalue weighted by Crippen LogP contribution is 2.30. The molecule has 0 unspecified atom stereocenters. The van der Waals surface area contributed by atoms with Crippen LogP contribution in [0.4, 0.5) is 17.1 Å². The number of nitrogen functional groups attached to an aromatic ring is 1. The minimum atomic E-state index is 0.0629. The number of nitrogens with one attached hydrogen (secondary N) is 1. The van der Waals surface area contributed by atoms with E-state index >= 15 is 0 Å². The molecule has 0 aliphatic heterocycles. The lowest BCUT2D eigenvalue weighted by atomic mass is 10.1. The van der Waals surface area contributed by atoms with Gasteiger partial charge >= 0.3 is 0 Å². The quantitative estimate of drug-likeness (QED) is 0.414. The molecule has 0 spiro atoms. The van der Waals surface area contributed by atoms with Crippen molar-refractivity contribution in [3.8, 4) is 0 Å². The molecule has 0 amide bonds. The van der Waals surface area contributed by atoms with Gasteiger partial charge in [0.15, 0.2) is 5.43 Å². The molecule has 0 aliphatic carbocycles. The summed E-state index contributed by atoms with van der Waals surface area (Å²) in [5.74, 6) is 0. The summed E-state index contributed by atoms with van der Waals surface area (Å²) in [6.07, 6.45) is 0. The van der Waals surface area contributed by atoms with Crippen LogP contribution < -0.4 is 16.5 Å². The summed E-state index contributed by atoms with van der Waals surface area (Å²) in [6.45, 7) is 0. The Labute approximate surface area is 137 Å². The van der Waals surface area contributed by atoms with Gasteiger partial charge in [0.25, 0.3) is 0 Å². The summed E-state index contributed by atoms with van der Waals surface area (Å²) in [4.78, 5) is 12.9. The first kappa shape index (κ1) is 13.8. The Hall–Kier alpha value is -2.85. The maximum Gasteiger partial charge on any atom is 0.197 e. The molecule has 0 saturated carbocycles. The summed E-state index contributed by atoms with van der Waals surface area (Å²) in [5.41, 5.74) is 8.22. The Morgan fingerprint density at radius 3 is 2.39 bits per heavy atom. The van der Waals surface area contributed by atoms with Gasteiger partial charge in [0.1, 0.15) is 0 Å². The second-order valence-electron chi connectivity index (χ2n) is 5.35. The molecule has 0 aliphatic rings. The number of rotatable bonds is 2. The zero-order chi connectivity index (χ0) is 15.8. The van der Waals surface area contributed by atoms with Crippen LogP contribution >= 0.6 is 11.3 Å². The molecule has 4 rings (SSSR count). The Bertz CT molecular complexity index is 1070. The monoisotopic (exact) mass is 318 g/mol. The summed E-state index contributed by atoms with van der Waals surface area (Å²) in [7, 11) is 0. The number of nitrogens with two attached hydrogens (primary N) is 1. The second kappa shape index (κ2) is 5.41. The molecule has 23 heavy (non-hydrogen) atoms. The van der Waals surface area contributed by atoms with E-state index in [0.717, 1.165) is 31.5 Å². The van der Waals surface area contributed by atoms with Gasteiger partial charge in [-0.2, -0.15) is 0 Å². The van der Waals surface area contributed by atoms with Gasteiger partial charge in [-0.1, -0.05) is 18.2 Å². The molecule has 0 radical (unpaired) electrons. The third-order valence-electron chi connectivity index (χ3n) is 3.79. The summed E-state index contributed by atoms with van der Waals surface area (Å²) in [5, 5.41) is 4.82. The van der Waals surface area contributed by atoms with Gasteiger partial charge in [-0.3, -0.25) is 4.79 Å². The maximum absolute atomic E-state index is 12.9. The summed E-state index contributed by atoms with van der Waals surface area (Å²) in [6, 6.07) is 21.1. The lowest BCUT2D eigenvalue weighted by Gasteiger charge is -2.10. The average molecular weight is 318 g/mol. The van der Waals surface area contributed by atoms with Crippen molar-refractivity contribution < 1.29 is 0 Å². The van der Waals surface area contributed by atoms with Crippen LogP contribution in [0, 0.1) is 0 Å². The molecule has 4 heteroatoms. The van der Waals surface area contributed by atoms with E-state index in [-0.39, 0.29) is 5.43 Å². The molecule has 1 heterocycles. The van der Waals surface area contributed by atoms with Gasteiger partial charge in [0.2, 0.25) is 0 Å². The molecule has 3 nitrogen and oxygen atoms in total.